The van der Waals surface area contributed by atoms with Crippen LogP contribution >= 0.6 is 39.9 Å². The molecule has 9 heteroatoms. The number of thioether (sulfide) groups is 1. The number of rotatable bonds is 8. The number of carbonyl (C=O) groups excluding carboxylic acids is 2. The molecule has 0 spiro atoms. The van der Waals surface area contributed by atoms with Gasteiger partial charge in [0.1, 0.15) is 0 Å². The van der Waals surface area contributed by atoms with Crippen LogP contribution in [0.2, 0.25) is 0 Å². The average molecular weight is 598 g/mol. The van der Waals surface area contributed by atoms with Crippen LogP contribution in [0.15, 0.2) is 76.1 Å². The predicted octanol–water partition coefficient (Wildman–Crippen LogP) is 7.00. The summed E-state index contributed by atoms with van der Waals surface area (Å²) in [6.07, 6.45) is 1.76. The molecule has 1 N–H and O–H groups in total. The number of benzene rings is 3. The van der Waals surface area contributed by atoms with E-state index in [1.165, 1.54) is 23.8 Å². The molecule has 3 aromatic carbocycles. The lowest BCUT2D eigenvalue weighted by atomic mass is 10.0. The van der Waals surface area contributed by atoms with E-state index in [-0.39, 0.29) is 24.3 Å². The smallest absolute Gasteiger partial charge is 0.270 e. The van der Waals surface area contributed by atoms with Gasteiger partial charge in [0.05, 0.1) is 17.7 Å². The first-order valence-corrected chi connectivity index (χ1v) is 13.5. The highest BCUT2D eigenvalue weighted by Crippen LogP contribution is 2.38. The number of hydrogen-bond acceptors (Lipinski definition) is 6. The van der Waals surface area contributed by atoms with Gasteiger partial charge < -0.3 is 14.8 Å². The van der Waals surface area contributed by atoms with Crippen molar-refractivity contribution in [3.8, 4) is 11.5 Å². The molecule has 1 heterocycles. The molecule has 190 valence electrons. The highest BCUT2D eigenvalue weighted by Gasteiger charge is 2.33. The van der Waals surface area contributed by atoms with Crippen molar-refractivity contribution >= 4 is 73.5 Å². The van der Waals surface area contributed by atoms with Gasteiger partial charge in [-0.3, -0.25) is 14.5 Å². The van der Waals surface area contributed by atoms with Crippen LogP contribution in [0.4, 0.5) is 11.4 Å². The second-order valence-electron chi connectivity index (χ2n) is 8.49. The number of carbonyl (C=O) groups is 2. The van der Waals surface area contributed by atoms with E-state index in [1.54, 1.807) is 24.3 Å². The predicted molar refractivity (Wildman–Crippen MR) is 157 cm³/mol. The van der Waals surface area contributed by atoms with Gasteiger partial charge in [-0.25, -0.2) is 0 Å². The van der Waals surface area contributed by atoms with Crippen LogP contribution < -0.4 is 19.7 Å². The van der Waals surface area contributed by atoms with Crippen molar-refractivity contribution < 1.29 is 19.1 Å². The summed E-state index contributed by atoms with van der Waals surface area (Å²) in [5.41, 5.74) is 3.28. The number of nitrogens with one attached hydrogen (secondary N) is 1. The van der Waals surface area contributed by atoms with Gasteiger partial charge in [-0.05, 0) is 59.5 Å². The summed E-state index contributed by atoms with van der Waals surface area (Å²) >= 11 is 10.1. The lowest BCUT2D eigenvalue weighted by molar-refractivity contribution is -0.118. The first-order chi connectivity index (χ1) is 17.8. The standard InChI is InChI=1S/C28H25BrN2O4S2/c1-17(2)21-9-4-5-10-22(21)30-26(32)16-35-23-12-11-18(13-24(23)34-3)14-25-27(33)31(28(36)37-25)20-8-6-7-19(29)15-20/h4-15,17H,16H2,1-3H3,(H,30,32)/b25-14-. The monoisotopic (exact) mass is 596 g/mol. The molecular weight excluding hydrogens is 572 g/mol. The molecule has 1 saturated heterocycles. The summed E-state index contributed by atoms with van der Waals surface area (Å²) in [7, 11) is 1.53. The van der Waals surface area contributed by atoms with Crippen molar-refractivity contribution in [3.05, 3.63) is 87.2 Å². The molecule has 0 aliphatic carbocycles. The largest absolute Gasteiger partial charge is 0.493 e. The minimum absolute atomic E-state index is 0.173. The third-order valence-electron chi connectivity index (χ3n) is 5.56. The maximum absolute atomic E-state index is 13.1. The second-order valence-corrected chi connectivity index (χ2v) is 11.1. The number of methoxy groups -OCH3 is 1. The quantitative estimate of drug-likeness (QED) is 0.223. The van der Waals surface area contributed by atoms with Crippen LogP contribution in [0.25, 0.3) is 6.08 Å². The first kappa shape index (κ1) is 26.9. The minimum atomic E-state index is -0.268. The first-order valence-electron chi connectivity index (χ1n) is 11.5. The zero-order valence-corrected chi connectivity index (χ0v) is 23.7. The molecule has 0 bridgehead atoms. The fourth-order valence-corrected chi connectivity index (χ4v) is 5.48. The van der Waals surface area contributed by atoms with Gasteiger partial charge in [-0.2, -0.15) is 0 Å². The Balaban J connectivity index is 1.45. The molecule has 0 atom stereocenters. The normalized spacial score (nSPS) is 14.4. The van der Waals surface area contributed by atoms with E-state index in [2.05, 4.69) is 35.1 Å². The SMILES string of the molecule is COc1cc(/C=C2\SC(=S)N(c3cccc(Br)c3)C2=O)ccc1OCC(=O)Nc1ccccc1C(C)C. The molecule has 37 heavy (non-hydrogen) atoms. The summed E-state index contributed by atoms with van der Waals surface area (Å²) in [5.74, 6) is 0.696. The zero-order valence-electron chi connectivity index (χ0n) is 20.5. The fraction of sp³-hybridized carbons (Fsp3) is 0.179. The Bertz CT molecular complexity index is 1390. The number of amides is 2. The van der Waals surface area contributed by atoms with Gasteiger partial charge in [-0.15, -0.1) is 0 Å². The third-order valence-corrected chi connectivity index (χ3v) is 7.36. The number of anilines is 2. The Morgan fingerprint density at radius 2 is 1.89 bits per heavy atom. The van der Waals surface area contributed by atoms with Crippen molar-refractivity contribution in [2.45, 2.75) is 19.8 Å². The van der Waals surface area contributed by atoms with E-state index in [4.69, 9.17) is 21.7 Å². The third kappa shape index (κ3) is 6.41. The number of para-hydroxylation sites is 1. The summed E-state index contributed by atoms with van der Waals surface area (Å²) in [6.45, 7) is 3.98. The molecule has 0 aromatic heterocycles. The van der Waals surface area contributed by atoms with Crippen LogP contribution in [0.5, 0.6) is 11.5 Å². The van der Waals surface area contributed by atoms with E-state index in [1.807, 2.05) is 48.5 Å². The lowest BCUT2D eigenvalue weighted by Gasteiger charge is -2.15. The Morgan fingerprint density at radius 1 is 1.11 bits per heavy atom. The van der Waals surface area contributed by atoms with Crippen LogP contribution in [0.3, 0.4) is 0 Å². The molecule has 0 saturated carbocycles. The maximum atomic E-state index is 13.1. The van der Waals surface area contributed by atoms with Gasteiger partial charge in [0.2, 0.25) is 0 Å². The number of halogens is 1. The molecule has 3 aromatic rings. The van der Waals surface area contributed by atoms with E-state index >= 15 is 0 Å². The van der Waals surface area contributed by atoms with E-state index in [0.29, 0.717) is 26.4 Å². The highest BCUT2D eigenvalue weighted by molar-refractivity contribution is 9.10. The summed E-state index contributed by atoms with van der Waals surface area (Å²) in [5, 5.41) is 2.91. The van der Waals surface area contributed by atoms with Gasteiger partial charge in [0, 0.05) is 10.2 Å². The van der Waals surface area contributed by atoms with E-state index < -0.39 is 0 Å². The van der Waals surface area contributed by atoms with Crippen LogP contribution in [-0.4, -0.2) is 29.9 Å². The van der Waals surface area contributed by atoms with Crippen molar-refractivity contribution in [1.82, 2.24) is 0 Å². The van der Waals surface area contributed by atoms with Crippen molar-refractivity contribution in [3.63, 3.8) is 0 Å². The van der Waals surface area contributed by atoms with E-state index in [9.17, 15) is 9.59 Å². The second kappa shape index (κ2) is 11.9. The number of ether oxygens (including phenoxy) is 2. The zero-order chi connectivity index (χ0) is 26.5. The van der Waals surface area contributed by atoms with Crippen molar-refractivity contribution in [2.75, 3.05) is 23.9 Å². The molecule has 0 unspecified atom stereocenters. The van der Waals surface area contributed by atoms with Gasteiger partial charge in [0.25, 0.3) is 11.8 Å². The number of thiocarbonyl (C=S) groups is 1. The number of nitrogens with zero attached hydrogens (tertiary/aromatic N) is 1. The van der Waals surface area contributed by atoms with Gasteiger partial charge in [0.15, 0.2) is 22.4 Å². The average Bonchev–Trinajstić information content (AvgIpc) is 3.15. The molecular formula is C28H25BrN2O4S2. The molecule has 1 aliphatic heterocycles. The highest BCUT2D eigenvalue weighted by atomic mass is 79.9. The minimum Gasteiger partial charge on any atom is -0.493 e. The van der Waals surface area contributed by atoms with Crippen LogP contribution in [-0.2, 0) is 9.59 Å². The van der Waals surface area contributed by atoms with Crippen LogP contribution in [0.1, 0.15) is 30.9 Å². The lowest BCUT2D eigenvalue weighted by Crippen LogP contribution is -2.27. The summed E-state index contributed by atoms with van der Waals surface area (Å²) in [4.78, 5) is 27.6. The van der Waals surface area contributed by atoms with Crippen molar-refractivity contribution in [2.24, 2.45) is 0 Å². The Kier molecular flexibility index (Phi) is 8.68. The molecule has 0 radical (unpaired) electrons. The molecule has 4 rings (SSSR count). The Morgan fingerprint density at radius 3 is 2.62 bits per heavy atom. The van der Waals surface area contributed by atoms with Crippen molar-refractivity contribution in [1.29, 1.82) is 0 Å². The molecule has 1 aliphatic rings. The van der Waals surface area contributed by atoms with Gasteiger partial charge in [-0.1, -0.05) is 84.1 Å². The molecule has 1 fully saturated rings. The van der Waals surface area contributed by atoms with Gasteiger partial charge >= 0.3 is 0 Å². The Hall–Kier alpha value is -3.14. The van der Waals surface area contributed by atoms with Crippen LogP contribution in [0, 0.1) is 0 Å². The molecule has 2 amide bonds. The Labute approximate surface area is 234 Å². The summed E-state index contributed by atoms with van der Waals surface area (Å²) < 4.78 is 12.6. The molecule has 6 nitrogen and oxygen atoms in total. The fourth-order valence-electron chi connectivity index (χ4n) is 3.79. The number of hydrogen-bond donors (Lipinski definition) is 1. The van der Waals surface area contributed by atoms with E-state index in [0.717, 1.165) is 21.3 Å². The maximum Gasteiger partial charge on any atom is 0.270 e. The summed E-state index contributed by atoms with van der Waals surface area (Å²) in [6, 6.07) is 20.4. The topological polar surface area (TPSA) is 67.9 Å².